The molecule has 6 aliphatic carbocycles. The van der Waals surface area contributed by atoms with Gasteiger partial charge in [0.15, 0.2) is 0 Å². The van der Waals surface area contributed by atoms with Crippen LogP contribution in [0.15, 0.2) is 48.5 Å². The molecule has 0 radical (unpaired) electrons. The quantitative estimate of drug-likeness (QED) is 0.187. The second-order valence-electron chi connectivity index (χ2n) is 13.6. The lowest BCUT2D eigenvalue weighted by Gasteiger charge is -2.63. The van der Waals surface area contributed by atoms with Crippen molar-refractivity contribution in [1.29, 1.82) is 0 Å². The maximum Gasteiger partial charge on any atom is 0.319 e. The number of carbonyl (C=O) groups is 2. The molecule has 2 aromatic carbocycles. The molecular weight excluding hydrogens is 608 g/mol. The lowest BCUT2D eigenvalue weighted by Crippen LogP contribution is -2.68. The third kappa shape index (κ3) is 2.77. The molecule has 8 rings (SSSR count). The van der Waals surface area contributed by atoms with Crippen LogP contribution in [0.3, 0.4) is 0 Å². The van der Waals surface area contributed by atoms with E-state index in [0.29, 0.717) is 11.5 Å². The van der Waals surface area contributed by atoms with E-state index in [4.69, 9.17) is 9.47 Å². The van der Waals surface area contributed by atoms with Gasteiger partial charge in [-0.25, -0.2) is 0 Å². The van der Waals surface area contributed by atoms with Gasteiger partial charge in [-0.15, -0.1) is 0 Å². The largest absolute Gasteiger partial charge is 0.426 e. The van der Waals surface area contributed by atoms with Crippen LogP contribution in [0.1, 0.15) is 67.2 Å². The van der Waals surface area contributed by atoms with Gasteiger partial charge in [0.1, 0.15) is 11.5 Å². The summed E-state index contributed by atoms with van der Waals surface area (Å²) in [6, 6.07) is 15.2. The summed E-state index contributed by atoms with van der Waals surface area (Å²) in [5, 5.41) is 0. The number of carbonyl (C=O) groups excluding carboxylic acids is 2. The second-order valence-corrected chi connectivity index (χ2v) is 15.4. The topological polar surface area (TPSA) is 52.6 Å². The summed E-state index contributed by atoms with van der Waals surface area (Å²) in [4.78, 5) is 27.7. The average Bonchev–Trinajstić information content (AvgIpc) is 3.50. The van der Waals surface area contributed by atoms with Gasteiger partial charge in [-0.2, -0.15) is 0 Å². The van der Waals surface area contributed by atoms with Crippen LogP contribution in [-0.4, -0.2) is 21.6 Å². The molecule has 0 saturated heterocycles. The van der Waals surface area contributed by atoms with E-state index >= 15 is 0 Å². The number of ether oxygens (including phenoxy) is 2. The number of fused-ring (bicyclic) bond motifs is 2. The van der Waals surface area contributed by atoms with Crippen molar-refractivity contribution in [3.8, 4) is 22.6 Å². The molecule has 6 unspecified atom stereocenters. The third-order valence-electron chi connectivity index (χ3n) is 12.3. The zero-order valence-corrected chi connectivity index (χ0v) is 26.2. The first-order valence-corrected chi connectivity index (χ1v) is 15.5. The van der Waals surface area contributed by atoms with Crippen molar-refractivity contribution in [1.82, 2.24) is 0 Å². The Bertz CT molecular complexity index is 1350. The molecule has 6 fully saturated rings. The smallest absolute Gasteiger partial charge is 0.319 e. The Labute approximate surface area is 242 Å². The molecule has 38 heavy (non-hydrogen) atoms. The van der Waals surface area contributed by atoms with Gasteiger partial charge in [-0.1, -0.05) is 104 Å². The van der Waals surface area contributed by atoms with Gasteiger partial charge in [-0.3, -0.25) is 9.59 Å². The van der Waals surface area contributed by atoms with Crippen LogP contribution in [-0.2, 0) is 9.59 Å². The van der Waals surface area contributed by atoms with Gasteiger partial charge in [0.05, 0.1) is 10.8 Å². The van der Waals surface area contributed by atoms with E-state index in [2.05, 4.69) is 73.4 Å². The fourth-order valence-electron chi connectivity index (χ4n) is 8.70. The fraction of sp³-hybridized carbons (Fsp3) is 0.562. The predicted molar refractivity (Wildman–Crippen MR) is 156 cm³/mol. The van der Waals surface area contributed by atoms with Crippen molar-refractivity contribution in [3.05, 3.63) is 48.5 Å². The molecule has 6 aliphatic rings. The number of benzene rings is 2. The number of alkyl halides is 2. The van der Waals surface area contributed by atoms with Crippen molar-refractivity contribution in [3.63, 3.8) is 0 Å². The van der Waals surface area contributed by atoms with Crippen LogP contribution in [0.4, 0.5) is 0 Å². The Morgan fingerprint density at radius 1 is 0.711 bits per heavy atom. The zero-order chi connectivity index (χ0) is 27.5. The Kier molecular flexibility index (Phi) is 5.57. The van der Waals surface area contributed by atoms with Crippen molar-refractivity contribution < 1.29 is 19.1 Å². The molecule has 2 aromatic rings. The SMILES string of the molecule is CC12CCC(C(=O)Oc3ccc(OC(=O)C45CCC(C)(C4Br)C5(C)C)c(-c4ccccc4)c3)(C1Br)C2(C)C. The Hall–Kier alpha value is -1.66. The number of hydrogen-bond donors (Lipinski definition) is 0. The summed E-state index contributed by atoms with van der Waals surface area (Å²) in [6.45, 7) is 13.3. The van der Waals surface area contributed by atoms with E-state index in [-0.39, 0.29) is 43.3 Å². The Balaban J connectivity index is 1.32. The van der Waals surface area contributed by atoms with E-state index < -0.39 is 10.8 Å². The van der Waals surface area contributed by atoms with Gasteiger partial charge in [0.2, 0.25) is 0 Å². The van der Waals surface area contributed by atoms with Crippen LogP contribution in [0, 0.1) is 32.5 Å². The average molecular weight is 644 g/mol. The lowest BCUT2D eigenvalue weighted by molar-refractivity contribution is -0.177. The van der Waals surface area contributed by atoms with Gasteiger partial charge < -0.3 is 9.47 Å². The Morgan fingerprint density at radius 2 is 1.21 bits per heavy atom. The molecule has 0 N–H and O–H groups in total. The standard InChI is InChI=1S/C32H36Br2O4/c1-27(2)29(5)14-16-31(27,23(29)33)25(35)37-20-12-13-22(21(18-20)19-10-8-7-9-11-19)38-26(36)32-17-15-30(6,24(32)34)28(32,3)4/h7-13,18,23-24H,14-17H2,1-6H3. The minimum atomic E-state index is -0.560. The molecule has 6 saturated carbocycles. The fourth-order valence-corrected chi connectivity index (χ4v) is 12.3. The molecule has 202 valence electrons. The van der Waals surface area contributed by atoms with Crippen molar-refractivity contribution in [2.24, 2.45) is 32.5 Å². The molecule has 0 heterocycles. The highest BCUT2D eigenvalue weighted by Crippen LogP contribution is 2.81. The van der Waals surface area contributed by atoms with E-state index in [1.807, 2.05) is 36.4 Å². The van der Waals surface area contributed by atoms with E-state index in [1.165, 1.54) is 0 Å². The van der Waals surface area contributed by atoms with Gasteiger partial charge >= 0.3 is 11.9 Å². The summed E-state index contributed by atoms with van der Waals surface area (Å²) < 4.78 is 12.3. The summed E-state index contributed by atoms with van der Waals surface area (Å²) in [5.74, 6) is 0.572. The first-order valence-electron chi connectivity index (χ1n) is 13.6. The van der Waals surface area contributed by atoms with Crippen molar-refractivity contribution in [2.45, 2.75) is 76.9 Å². The maximum atomic E-state index is 13.8. The lowest BCUT2D eigenvalue weighted by atomic mass is 9.43. The summed E-state index contributed by atoms with van der Waals surface area (Å²) in [5.41, 5.74) is 0.373. The first-order chi connectivity index (χ1) is 17.7. The minimum absolute atomic E-state index is 0.0741. The molecule has 0 amide bonds. The van der Waals surface area contributed by atoms with E-state index in [0.717, 1.165) is 36.8 Å². The molecular formula is C32H36Br2O4. The molecule has 4 nitrogen and oxygen atoms in total. The van der Waals surface area contributed by atoms with Gasteiger partial charge in [-0.05, 0) is 71.1 Å². The second kappa shape index (κ2) is 7.96. The number of halogens is 2. The van der Waals surface area contributed by atoms with Crippen molar-refractivity contribution in [2.75, 3.05) is 0 Å². The predicted octanol–water partition coefficient (Wildman–Crippen LogP) is 8.34. The van der Waals surface area contributed by atoms with E-state index in [1.54, 1.807) is 12.1 Å². The van der Waals surface area contributed by atoms with Crippen LogP contribution in [0.25, 0.3) is 11.1 Å². The van der Waals surface area contributed by atoms with Gasteiger partial charge in [0.25, 0.3) is 0 Å². The molecule has 6 atom stereocenters. The zero-order valence-electron chi connectivity index (χ0n) is 23.0. The van der Waals surface area contributed by atoms with E-state index in [9.17, 15) is 9.59 Å². The van der Waals surface area contributed by atoms with Crippen LogP contribution in [0.2, 0.25) is 0 Å². The highest BCUT2D eigenvalue weighted by molar-refractivity contribution is 9.09. The molecule has 0 aromatic heterocycles. The summed E-state index contributed by atoms with van der Waals surface area (Å²) in [6.07, 6.45) is 3.63. The van der Waals surface area contributed by atoms with Crippen LogP contribution in [0.5, 0.6) is 11.5 Å². The molecule has 6 heteroatoms. The van der Waals surface area contributed by atoms with Gasteiger partial charge in [0, 0.05) is 15.2 Å². The van der Waals surface area contributed by atoms with Crippen molar-refractivity contribution >= 4 is 43.8 Å². The Morgan fingerprint density at radius 3 is 1.66 bits per heavy atom. The third-order valence-corrected chi connectivity index (χ3v) is 15.9. The highest BCUT2D eigenvalue weighted by atomic mass is 79.9. The molecule has 0 aliphatic heterocycles. The summed E-state index contributed by atoms with van der Waals surface area (Å²) >= 11 is 7.70. The molecule has 0 spiro atoms. The highest BCUT2D eigenvalue weighted by Gasteiger charge is 2.82. The number of hydrogen-bond acceptors (Lipinski definition) is 4. The summed E-state index contributed by atoms with van der Waals surface area (Å²) in [7, 11) is 0. The number of rotatable bonds is 5. The first kappa shape index (κ1) is 26.6. The monoisotopic (exact) mass is 642 g/mol. The molecule has 4 bridgehead atoms. The number of esters is 2. The minimum Gasteiger partial charge on any atom is -0.426 e. The maximum absolute atomic E-state index is 13.8. The van der Waals surface area contributed by atoms with Crippen LogP contribution < -0.4 is 9.47 Å². The van der Waals surface area contributed by atoms with Crippen LogP contribution >= 0.6 is 31.9 Å². The normalized spacial score (nSPS) is 39.2.